The zero-order valence-corrected chi connectivity index (χ0v) is 11.7. The Labute approximate surface area is 114 Å². The first-order chi connectivity index (χ1) is 9.06. The Balaban J connectivity index is 2.56. The Morgan fingerprint density at radius 1 is 1.11 bits per heavy atom. The average molecular weight is 263 g/mol. The summed E-state index contributed by atoms with van der Waals surface area (Å²) in [5.74, 6) is -0.446. The van der Waals surface area contributed by atoms with E-state index in [1.165, 1.54) is 6.92 Å². The minimum atomic E-state index is -0.231. The van der Waals surface area contributed by atoms with Gasteiger partial charge >= 0.3 is 0 Å². The number of hydrogen-bond acceptors (Lipinski definition) is 3. The normalized spacial score (nSPS) is 9.84. The van der Waals surface area contributed by atoms with Gasteiger partial charge in [0.2, 0.25) is 11.8 Å². The lowest BCUT2D eigenvalue weighted by Crippen LogP contribution is -2.31. The molecule has 5 heteroatoms. The molecular weight excluding hydrogens is 242 g/mol. The lowest BCUT2D eigenvalue weighted by molar-refractivity contribution is -0.122. The summed E-state index contributed by atoms with van der Waals surface area (Å²) in [5, 5.41) is 5.18. The molecule has 1 aromatic rings. The predicted octanol–water partition coefficient (Wildman–Crippen LogP) is 1.61. The highest BCUT2D eigenvalue weighted by Crippen LogP contribution is 2.17. The standard InChI is InChI=1S/C14H21N3O2/c1-4-17(5-2)13-8-6-12(7-9-13)16-14(19)10-15-11(3)18/h6-9H,4-5,10H2,1-3H3,(H,15,18)(H,16,19). The molecule has 2 amide bonds. The van der Waals surface area contributed by atoms with Crippen molar-refractivity contribution in [2.24, 2.45) is 0 Å². The molecule has 0 aromatic heterocycles. The van der Waals surface area contributed by atoms with Gasteiger partial charge in [-0.3, -0.25) is 9.59 Å². The molecule has 0 aliphatic heterocycles. The number of nitrogens with zero attached hydrogens (tertiary/aromatic N) is 1. The molecule has 0 aliphatic carbocycles. The van der Waals surface area contributed by atoms with Gasteiger partial charge in [0, 0.05) is 31.4 Å². The summed E-state index contributed by atoms with van der Waals surface area (Å²) >= 11 is 0. The molecule has 0 radical (unpaired) electrons. The van der Waals surface area contributed by atoms with Crippen LogP contribution in [0.4, 0.5) is 11.4 Å². The highest BCUT2D eigenvalue weighted by atomic mass is 16.2. The van der Waals surface area contributed by atoms with Gasteiger partial charge in [-0.2, -0.15) is 0 Å². The van der Waals surface area contributed by atoms with Crippen LogP contribution in [0.15, 0.2) is 24.3 Å². The molecule has 0 saturated carbocycles. The van der Waals surface area contributed by atoms with Gasteiger partial charge in [0.1, 0.15) is 0 Å². The first-order valence-corrected chi connectivity index (χ1v) is 6.46. The molecule has 0 atom stereocenters. The Morgan fingerprint density at radius 2 is 1.68 bits per heavy atom. The summed E-state index contributed by atoms with van der Waals surface area (Å²) in [4.78, 5) is 24.4. The SMILES string of the molecule is CCN(CC)c1ccc(NC(=O)CNC(C)=O)cc1. The summed E-state index contributed by atoms with van der Waals surface area (Å²) in [6, 6.07) is 7.67. The number of amides is 2. The van der Waals surface area contributed by atoms with Gasteiger partial charge in [-0.25, -0.2) is 0 Å². The van der Waals surface area contributed by atoms with Gasteiger partial charge in [-0.15, -0.1) is 0 Å². The third-order valence-electron chi connectivity index (χ3n) is 2.78. The van der Waals surface area contributed by atoms with Crippen molar-refractivity contribution >= 4 is 23.2 Å². The zero-order valence-electron chi connectivity index (χ0n) is 11.7. The van der Waals surface area contributed by atoms with Crippen molar-refractivity contribution in [2.45, 2.75) is 20.8 Å². The van der Waals surface area contributed by atoms with E-state index in [1.54, 1.807) is 0 Å². The van der Waals surface area contributed by atoms with E-state index in [4.69, 9.17) is 0 Å². The second-order valence-corrected chi connectivity index (χ2v) is 4.18. The van der Waals surface area contributed by atoms with Crippen LogP contribution in [0.25, 0.3) is 0 Å². The van der Waals surface area contributed by atoms with E-state index in [0.717, 1.165) is 24.5 Å². The van der Waals surface area contributed by atoms with Crippen molar-refractivity contribution in [3.05, 3.63) is 24.3 Å². The molecule has 1 aromatic carbocycles. The maximum atomic E-state index is 11.5. The summed E-state index contributed by atoms with van der Waals surface area (Å²) in [6.45, 7) is 7.48. The molecule has 5 nitrogen and oxygen atoms in total. The smallest absolute Gasteiger partial charge is 0.243 e. The predicted molar refractivity (Wildman–Crippen MR) is 77.3 cm³/mol. The van der Waals surface area contributed by atoms with Gasteiger partial charge in [-0.1, -0.05) is 0 Å². The maximum Gasteiger partial charge on any atom is 0.243 e. The molecule has 2 N–H and O–H groups in total. The van der Waals surface area contributed by atoms with Crippen LogP contribution in [0.3, 0.4) is 0 Å². The molecule has 104 valence electrons. The highest BCUT2D eigenvalue weighted by molar-refractivity contribution is 5.94. The Morgan fingerprint density at radius 3 is 2.16 bits per heavy atom. The van der Waals surface area contributed by atoms with Crippen LogP contribution < -0.4 is 15.5 Å². The van der Waals surface area contributed by atoms with Crippen LogP contribution >= 0.6 is 0 Å². The van der Waals surface area contributed by atoms with E-state index in [0.29, 0.717) is 0 Å². The number of carbonyl (C=O) groups is 2. The molecule has 0 heterocycles. The quantitative estimate of drug-likeness (QED) is 0.819. The number of rotatable bonds is 6. The van der Waals surface area contributed by atoms with E-state index in [-0.39, 0.29) is 18.4 Å². The number of nitrogens with one attached hydrogen (secondary N) is 2. The topological polar surface area (TPSA) is 61.4 Å². The largest absolute Gasteiger partial charge is 0.372 e. The van der Waals surface area contributed by atoms with E-state index < -0.39 is 0 Å². The number of hydrogen-bond donors (Lipinski definition) is 2. The number of anilines is 2. The first-order valence-electron chi connectivity index (χ1n) is 6.46. The van der Waals surface area contributed by atoms with Crippen LogP contribution in [0.5, 0.6) is 0 Å². The summed E-state index contributed by atoms with van der Waals surface area (Å²) in [7, 11) is 0. The molecular formula is C14H21N3O2. The molecule has 0 unspecified atom stereocenters. The monoisotopic (exact) mass is 263 g/mol. The van der Waals surface area contributed by atoms with Crippen molar-refractivity contribution < 1.29 is 9.59 Å². The van der Waals surface area contributed by atoms with Gasteiger partial charge < -0.3 is 15.5 Å². The van der Waals surface area contributed by atoms with Crippen molar-refractivity contribution in [3.63, 3.8) is 0 Å². The van der Waals surface area contributed by atoms with Crippen LogP contribution in [0, 0.1) is 0 Å². The number of carbonyl (C=O) groups excluding carboxylic acids is 2. The summed E-state index contributed by atoms with van der Waals surface area (Å²) in [5.41, 5.74) is 1.86. The molecule has 0 aliphatic rings. The molecule has 0 spiro atoms. The third-order valence-corrected chi connectivity index (χ3v) is 2.78. The van der Waals surface area contributed by atoms with Crippen molar-refractivity contribution in [1.82, 2.24) is 5.32 Å². The second-order valence-electron chi connectivity index (χ2n) is 4.18. The van der Waals surface area contributed by atoms with Gasteiger partial charge in [-0.05, 0) is 38.1 Å². The van der Waals surface area contributed by atoms with Crippen LogP contribution in [-0.2, 0) is 9.59 Å². The molecule has 0 saturated heterocycles. The maximum absolute atomic E-state index is 11.5. The van der Waals surface area contributed by atoms with Crippen molar-refractivity contribution in [1.29, 1.82) is 0 Å². The minimum Gasteiger partial charge on any atom is -0.372 e. The van der Waals surface area contributed by atoms with Crippen LogP contribution in [0.2, 0.25) is 0 Å². The fraction of sp³-hybridized carbons (Fsp3) is 0.429. The van der Waals surface area contributed by atoms with E-state index in [9.17, 15) is 9.59 Å². The molecule has 0 fully saturated rings. The van der Waals surface area contributed by atoms with E-state index in [1.807, 2.05) is 24.3 Å². The Hall–Kier alpha value is -2.04. The van der Waals surface area contributed by atoms with Gasteiger partial charge in [0.15, 0.2) is 0 Å². The summed E-state index contributed by atoms with van der Waals surface area (Å²) < 4.78 is 0. The van der Waals surface area contributed by atoms with Crippen molar-refractivity contribution in [3.8, 4) is 0 Å². The minimum absolute atomic E-state index is 0.00682. The van der Waals surface area contributed by atoms with Gasteiger partial charge in [0.05, 0.1) is 6.54 Å². The lowest BCUT2D eigenvalue weighted by Gasteiger charge is -2.21. The lowest BCUT2D eigenvalue weighted by atomic mass is 10.2. The fourth-order valence-corrected chi connectivity index (χ4v) is 1.75. The fourth-order valence-electron chi connectivity index (χ4n) is 1.75. The zero-order chi connectivity index (χ0) is 14.3. The third kappa shape index (κ3) is 4.99. The second kappa shape index (κ2) is 7.41. The molecule has 19 heavy (non-hydrogen) atoms. The number of benzene rings is 1. The van der Waals surface area contributed by atoms with Crippen LogP contribution in [-0.4, -0.2) is 31.4 Å². The first kappa shape index (κ1) is 15.0. The molecule has 1 rings (SSSR count). The van der Waals surface area contributed by atoms with E-state index >= 15 is 0 Å². The summed E-state index contributed by atoms with van der Waals surface area (Å²) in [6.07, 6.45) is 0. The van der Waals surface area contributed by atoms with Gasteiger partial charge in [0.25, 0.3) is 0 Å². The highest BCUT2D eigenvalue weighted by Gasteiger charge is 2.04. The van der Waals surface area contributed by atoms with E-state index in [2.05, 4.69) is 29.4 Å². The Kier molecular flexibility index (Phi) is 5.85. The molecule has 0 bridgehead atoms. The van der Waals surface area contributed by atoms with Crippen LogP contribution in [0.1, 0.15) is 20.8 Å². The average Bonchev–Trinajstić information content (AvgIpc) is 2.40. The van der Waals surface area contributed by atoms with Crippen molar-refractivity contribution in [2.75, 3.05) is 29.9 Å². The Bertz CT molecular complexity index is 425.